The lowest BCUT2D eigenvalue weighted by Crippen LogP contribution is -2.40. The second-order valence-electron chi connectivity index (χ2n) is 25.5. The fourth-order valence-corrected chi connectivity index (χ4v) is 10.1. The molecule has 0 aliphatic rings. The standard InChI is InChI=1S/C80H137NO8/c1-6-8-10-12-14-16-18-20-22-24-26-28-30-32-33-34-35-36-37-38-39-40-41-42-43-44-45-47-49-51-53-55-57-59-61-63-65-67-69-71-78(83)89-76(75-88-80(79(84)85)86-73-72-81(3,4)5)74-87-77(82)70-68-66-64-62-60-58-56-54-52-50-48-46-31-29-27-25-23-21-19-17-15-13-11-9-7-2/h8,10,14,16,19-22,25-28,31-33,35-36,38-39,46,76,80H,6-7,9,11-13,15,17-18,23-24,29-30,34,37,40-45,47-75H2,1-5H3/p+1/b10-8-,16-14-,21-19-,22-20-,27-25-,28-26-,33-32-,36-35-,39-38-,46-31-. The molecule has 9 nitrogen and oxygen atoms in total. The molecule has 0 heterocycles. The van der Waals surface area contributed by atoms with E-state index in [0.29, 0.717) is 17.4 Å². The fraction of sp³-hybridized carbons (Fsp3) is 0.713. The van der Waals surface area contributed by atoms with Crippen molar-refractivity contribution in [1.29, 1.82) is 0 Å². The Morgan fingerprint density at radius 2 is 0.640 bits per heavy atom. The number of hydrogen-bond acceptors (Lipinski definition) is 7. The first-order valence-electron chi connectivity index (χ1n) is 36.7. The normalized spacial score (nSPS) is 13.4. The number of ether oxygens (including phenoxy) is 4. The largest absolute Gasteiger partial charge is 0.477 e. The molecule has 0 amide bonds. The molecule has 0 aromatic carbocycles. The van der Waals surface area contributed by atoms with E-state index in [2.05, 4.69) is 135 Å². The van der Waals surface area contributed by atoms with Crippen LogP contribution >= 0.6 is 0 Å². The lowest BCUT2D eigenvalue weighted by atomic mass is 10.0. The van der Waals surface area contributed by atoms with Gasteiger partial charge in [0.1, 0.15) is 13.2 Å². The molecule has 0 aliphatic heterocycles. The summed E-state index contributed by atoms with van der Waals surface area (Å²) in [6.07, 6.45) is 96.0. The molecule has 0 aromatic rings. The highest BCUT2D eigenvalue weighted by Crippen LogP contribution is 2.17. The number of aliphatic carboxylic acids is 1. The molecule has 0 saturated carbocycles. The number of esters is 2. The van der Waals surface area contributed by atoms with Gasteiger partial charge in [0.2, 0.25) is 0 Å². The third-order valence-corrected chi connectivity index (χ3v) is 15.7. The maximum Gasteiger partial charge on any atom is 0.361 e. The van der Waals surface area contributed by atoms with Gasteiger partial charge >= 0.3 is 17.9 Å². The maximum atomic E-state index is 13.0. The number of nitrogens with zero attached hydrogens (tertiary/aromatic N) is 1. The van der Waals surface area contributed by atoms with Gasteiger partial charge in [0.25, 0.3) is 6.29 Å². The summed E-state index contributed by atoms with van der Waals surface area (Å²) >= 11 is 0. The van der Waals surface area contributed by atoms with Crippen LogP contribution in [0, 0.1) is 0 Å². The second-order valence-corrected chi connectivity index (χ2v) is 25.5. The van der Waals surface area contributed by atoms with Crippen molar-refractivity contribution in [1.82, 2.24) is 0 Å². The Kier molecular flexibility index (Phi) is 66.2. The predicted molar refractivity (Wildman–Crippen MR) is 382 cm³/mol. The molecule has 0 fully saturated rings. The van der Waals surface area contributed by atoms with E-state index < -0.39 is 24.3 Å². The second kappa shape index (κ2) is 69.6. The van der Waals surface area contributed by atoms with E-state index in [4.69, 9.17) is 18.9 Å². The Hall–Kier alpha value is -4.31. The number of allylic oxidation sites excluding steroid dienone is 20. The molecule has 89 heavy (non-hydrogen) atoms. The van der Waals surface area contributed by atoms with Gasteiger partial charge in [0, 0.05) is 12.8 Å². The minimum atomic E-state index is -1.52. The van der Waals surface area contributed by atoms with E-state index in [-0.39, 0.29) is 32.2 Å². The summed E-state index contributed by atoms with van der Waals surface area (Å²) < 4.78 is 23.0. The summed E-state index contributed by atoms with van der Waals surface area (Å²) in [5.74, 6) is -2.00. The van der Waals surface area contributed by atoms with E-state index in [0.717, 1.165) is 96.3 Å². The number of carboxylic acid groups (broad SMARTS) is 1. The summed E-state index contributed by atoms with van der Waals surface area (Å²) in [6.45, 7) is 4.77. The molecule has 0 radical (unpaired) electrons. The molecule has 2 atom stereocenters. The van der Waals surface area contributed by atoms with Crippen LogP contribution in [0.5, 0.6) is 0 Å². The van der Waals surface area contributed by atoms with E-state index in [1.165, 1.54) is 186 Å². The SMILES string of the molecule is CC/C=C\C/C=C\C/C=C\C/C=C\C/C=C\C/C=C\C/C=C\CCCCCCCCCCCCCCCCCCCC(=O)OC(COC(=O)CCCCCCCCCCCC/C=C\C/C=C\C/C=C\CCCCCCC)COC(OCC[N+](C)(C)C)C(=O)O. The van der Waals surface area contributed by atoms with Crippen molar-refractivity contribution in [2.45, 2.75) is 322 Å². The molecule has 1 N–H and O–H groups in total. The third-order valence-electron chi connectivity index (χ3n) is 15.7. The summed E-state index contributed by atoms with van der Waals surface area (Å²) in [4.78, 5) is 37.7. The number of hydrogen-bond donors (Lipinski definition) is 1. The Bertz CT molecular complexity index is 1880. The van der Waals surface area contributed by atoms with Gasteiger partial charge in [0.05, 0.1) is 34.4 Å². The van der Waals surface area contributed by atoms with E-state index in [1.54, 1.807) is 0 Å². The number of carbonyl (C=O) groups is 3. The summed E-state index contributed by atoms with van der Waals surface area (Å²) in [5, 5.41) is 9.76. The Morgan fingerprint density at radius 3 is 0.955 bits per heavy atom. The van der Waals surface area contributed by atoms with Crippen LogP contribution in [-0.4, -0.2) is 87.4 Å². The number of quaternary nitrogens is 1. The van der Waals surface area contributed by atoms with Crippen molar-refractivity contribution >= 4 is 17.9 Å². The van der Waals surface area contributed by atoms with Gasteiger partial charge in [-0.15, -0.1) is 0 Å². The molecular formula is C80H138NO8+. The molecule has 9 heteroatoms. The first kappa shape index (κ1) is 84.7. The smallest absolute Gasteiger partial charge is 0.361 e. The average Bonchev–Trinajstić information content (AvgIpc) is 3.64. The van der Waals surface area contributed by atoms with Gasteiger partial charge in [0.15, 0.2) is 6.10 Å². The number of carboxylic acids is 1. The molecule has 2 unspecified atom stereocenters. The number of unbranched alkanes of at least 4 members (excludes halogenated alkanes) is 32. The zero-order valence-corrected chi connectivity index (χ0v) is 58.3. The molecule has 0 aromatic heterocycles. The first-order valence-corrected chi connectivity index (χ1v) is 36.7. The van der Waals surface area contributed by atoms with E-state index >= 15 is 0 Å². The van der Waals surface area contributed by atoms with Gasteiger partial charge in [-0.25, -0.2) is 4.79 Å². The van der Waals surface area contributed by atoms with Crippen molar-refractivity contribution < 1.29 is 42.9 Å². The Morgan fingerprint density at radius 1 is 0.348 bits per heavy atom. The molecule has 0 saturated heterocycles. The van der Waals surface area contributed by atoms with Crippen LogP contribution in [0.1, 0.15) is 309 Å². The van der Waals surface area contributed by atoms with Gasteiger partial charge in [-0.05, 0) is 109 Å². The van der Waals surface area contributed by atoms with Crippen LogP contribution in [0.2, 0.25) is 0 Å². The molecule has 0 spiro atoms. The lowest BCUT2D eigenvalue weighted by Gasteiger charge is -2.25. The minimum absolute atomic E-state index is 0.184. The quantitative estimate of drug-likeness (QED) is 0.0211. The van der Waals surface area contributed by atoms with Crippen molar-refractivity contribution in [2.75, 3.05) is 47.5 Å². The van der Waals surface area contributed by atoms with Crippen molar-refractivity contribution in [2.24, 2.45) is 0 Å². The summed E-state index contributed by atoms with van der Waals surface area (Å²) in [7, 11) is 5.98. The zero-order chi connectivity index (χ0) is 64.7. The average molecular weight is 1240 g/mol. The van der Waals surface area contributed by atoms with E-state index in [1.807, 2.05) is 21.1 Å². The van der Waals surface area contributed by atoms with Gasteiger partial charge in [-0.2, -0.15) is 0 Å². The summed E-state index contributed by atoms with van der Waals surface area (Å²) in [5.41, 5.74) is 0. The molecular weight excluding hydrogens is 1100 g/mol. The molecule has 0 aliphatic carbocycles. The molecule has 0 bridgehead atoms. The van der Waals surface area contributed by atoms with Crippen LogP contribution in [0.3, 0.4) is 0 Å². The highest BCUT2D eigenvalue weighted by molar-refractivity contribution is 5.71. The number of likely N-dealkylation sites (N-methyl/N-ethyl adjacent to an activating group) is 1. The zero-order valence-electron chi connectivity index (χ0n) is 58.3. The fourth-order valence-electron chi connectivity index (χ4n) is 10.1. The molecule has 510 valence electrons. The van der Waals surface area contributed by atoms with Gasteiger partial charge in [-0.1, -0.05) is 309 Å². The van der Waals surface area contributed by atoms with Crippen LogP contribution in [0.4, 0.5) is 0 Å². The number of carbonyl (C=O) groups excluding carboxylic acids is 2. The monoisotopic (exact) mass is 1240 g/mol. The topological polar surface area (TPSA) is 108 Å². The highest BCUT2D eigenvalue weighted by Gasteiger charge is 2.25. The van der Waals surface area contributed by atoms with Crippen molar-refractivity contribution in [3.63, 3.8) is 0 Å². The van der Waals surface area contributed by atoms with Crippen LogP contribution in [-0.2, 0) is 33.3 Å². The Balaban J connectivity index is 4.08. The highest BCUT2D eigenvalue weighted by atomic mass is 16.7. The van der Waals surface area contributed by atoms with Crippen LogP contribution < -0.4 is 0 Å². The number of rotatable bonds is 67. The summed E-state index contributed by atoms with van der Waals surface area (Å²) in [6, 6.07) is 0. The minimum Gasteiger partial charge on any atom is -0.477 e. The predicted octanol–water partition coefficient (Wildman–Crippen LogP) is 23.1. The van der Waals surface area contributed by atoms with Crippen molar-refractivity contribution in [3.8, 4) is 0 Å². The third kappa shape index (κ3) is 71.0. The first-order chi connectivity index (χ1) is 43.6. The van der Waals surface area contributed by atoms with Crippen molar-refractivity contribution in [3.05, 3.63) is 122 Å². The maximum absolute atomic E-state index is 13.0. The van der Waals surface area contributed by atoms with Gasteiger partial charge < -0.3 is 28.5 Å². The van der Waals surface area contributed by atoms with Crippen LogP contribution in [0.15, 0.2) is 122 Å². The lowest BCUT2D eigenvalue weighted by molar-refractivity contribution is -0.870. The Labute approximate surface area is 548 Å². The van der Waals surface area contributed by atoms with Crippen LogP contribution in [0.25, 0.3) is 0 Å². The van der Waals surface area contributed by atoms with Gasteiger partial charge in [-0.3, -0.25) is 9.59 Å². The molecule has 0 rings (SSSR count). The van der Waals surface area contributed by atoms with E-state index in [9.17, 15) is 19.5 Å².